The summed E-state index contributed by atoms with van der Waals surface area (Å²) in [4.78, 5) is 15.1. The van der Waals surface area contributed by atoms with Crippen LogP contribution in [0.15, 0.2) is 11.8 Å². The van der Waals surface area contributed by atoms with Gasteiger partial charge in [0, 0.05) is 12.2 Å². The van der Waals surface area contributed by atoms with Crippen molar-refractivity contribution in [1.82, 2.24) is 4.90 Å². The van der Waals surface area contributed by atoms with Crippen LogP contribution in [-0.4, -0.2) is 46.2 Å². The Morgan fingerprint density at radius 3 is 1.85 bits per heavy atom. The lowest BCUT2D eigenvalue weighted by molar-refractivity contribution is -0.134. The first-order valence-electron chi connectivity index (χ1n) is 9.95. The molecule has 0 aliphatic carbocycles. The van der Waals surface area contributed by atoms with Crippen LogP contribution in [0.3, 0.4) is 0 Å². The highest BCUT2D eigenvalue weighted by Crippen LogP contribution is 2.44. The molecule has 0 bridgehead atoms. The van der Waals surface area contributed by atoms with Crippen LogP contribution in [0.1, 0.15) is 54.4 Å². The van der Waals surface area contributed by atoms with Gasteiger partial charge in [-0.15, -0.1) is 0 Å². The third-order valence-electron chi connectivity index (χ3n) is 6.78. The number of allylic oxidation sites excluding steroid dienone is 1. The molecule has 1 amide bonds. The van der Waals surface area contributed by atoms with Crippen LogP contribution < -0.4 is 0 Å². The zero-order chi connectivity index (χ0) is 20.1. The highest BCUT2D eigenvalue weighted by atomic mass is 28.4. The summed E-state index contributed by atoms with van der Waals surface area (Å²) in [5.74, 6) is 0.101. The van der Waals surface area contributed by atoms with E-state index in [0.717, 1.165) is 25.1 Å². The van der Waals surface area contributed by atoms with Gasteiger partial charge in [0.1, 0.15) is 6.10 Å². The second kappa shape index (κ2) is 6.87. The maximum absolute atomic E-state index is 13.2. The molecule has 0 saturated carbocycles. The molecule has 0 aromatic heterocycles. The molecule has 150 valence electrons. The SMILES string of the molecule is CC(C)(C)[Si](C)(C)O[C@H]1C(=O)N2CCCC=C2[C@@H]1O[Si](C)(C)C(C)(C)C. The van der Waals surface area contributed by atoms with E-state index in [2.05, 4.69) is 73.8 Å². The van der Waals surface area contributed by atoms with E-state index in [1.807, 2.05) is 4.90 Å². The first-order valence-corrected chi connectivity index (χ1v) is 15.8. The van der Waals surface area contributed by atoms with Crippen LogP contribution in [0.25, 0.3) is 0 Å². The number of nitrogens with zero attached hydrogens (tertiary/aromatic N) is 1. The fourth-order valence-electron chi connectivity index (χ4n) is 2.91. The van der Waals surface area contributed by atoms with Gasteiger partial charge in [0.05, 0.1) is 0 Å². The molecule has 0 aromatic rings. The third kappa shape index (κ3) is 4.03. The Morgan fingerprint density at radius 2 is 1.38 bits per heavy atom. The van der Waals surface area contributed by atoms with Gasteiger partial charge in [-0.25, -0.2) is 0 Å². The average molecular weight is 398 g/mol. The van der Waals surface area contributed by atoms with Gasteiger partial charge in [-0.1, -0.05) is 47.6 Å². The van der Waals surface area contributed by atoms with Gasteiger partial charge in [-0.2, -0.15) is 0 Å². The number of rotatable bonds is 4. The molecule has 1 saturated heterocycles. The summed E-state index contributed by atoms with van der Waals surface area (Å²) in [7, 11) is -4.10. The van der Waals surface area contributed by atoms with Crippen molar-refractivity contribution in [2.75, 3.05) is 6.54 Å². The van der Waals surface area contributed by atoms with Crippen molar-refractivity contribution < 1.29 is 13.6 Å². The summed E-state index contributed by atoms with van der Waals surface area (Å²) in [5, 5.41) is 0.159. The first kappa shape index (κ1) is 21.9. The Labute approximate surface area is 162 Å². The molecule has 0 aromatic carbocycles. The molecule has 0 spiro atoms. The Morgan fingerprint density at radius 1 is 0.923 bits per heavy atom. The van der Waals surface area contributed by atoms with E-state index in [0.29, 0.717) is 0 Å². The van der Waals surface area contributed by atoms with Gasteiger partial charge >= 0.3 is 0 Å². The van der Waals surface area contributed by atoms with E-state index >= 15 is 0 Å². The standard InChI is InChI=1S/C20H39NO3Si2/c1-19(2,3)25(7,8)23-16-15-13-11-12-14-21(15)18(22)17(16)24-26(9,10)20(4,5)6/h13,16-17H,11-12,14H2,1-10H3/t16-,17+/m0/s1. The fraction of sp³-hybridized carbons (Fsp3) is 0.850. The fourth-order valence-corrected chi connectivity index (χ4v) is 5.35. The first-order chi connectivity index (χ1) is 11.6. The molecular formula is C20H39NO3Si2. The second-order valence-corrected chi connectivity index (χ2v) is 20.4. The largest absolute Gasteiger partial charge is 0.405 e. The van der Waals surface area contributed by atoms with Gasteiger partial charge in [-0.3, -0.25) is 4.79 Å². The van der Waals surface area contributed by atoms with E-state index < -0.39 is 22.7 Å². The quantitative estimate of drug-likeness (QED) is 0.605. The van der Waals surface area contributed by atoms with Gasteiger partial charge in [0.2, 0.25) is 0 Å². The minimum Gasteiger partial charge on any atom is -0.405 e. The maximum Gasteiger partial charge on any atom is 0.257 e. The van der Waals surface area contributed by atoms with Gasteiger partial charge < -0.3 is 13.8 Å². The Hall–Kier alpha value is -0.436. The molecule has 2 aliphatic heterocycles. The monoisotopic (exact) mass is 397 g/mol. The molecule has 0 radical (unpaired) electrons. The number of fused-ring (bicyclic) bond motifs is 1. The minimum atomic E-state index is -2.08. The smallest absolute Gasteiger partial charge is 0.257 e. The van der Waals surface area contributed by atoms with E-state index in [-0.39, 0.29) is 22.1 Å². The lowest BCUT2D eigenvalue weighted by Crippen LogP contribution is -2.52. The van der Waals surface area contributed by atoms with Crippen LogP contribution in [0, 0.1) is 0 Å². The van der Waals surface area contributed by atoms with Crippen LogP contribution in [0.2, 0.25) is 36.3 Å². The van der Waals surface area contributed by atoms with E-state index in [1.165, 1.54) is 0 Å². The summed E-state index contributed by atoms with van der Waals surface area (Å²) in [6.45, 7) is 23.1. The van der Waals surface area contributed by atoms with Crippen molar-refractivity contribution >= 4 is 22.5 Å². The number of carbonyl (C=O) groups is 1. The van der Waals surface area contributed by atoms with Crippen molar-refractivity contribution in [1.29, 1.82) is 0 Å². The summed E-state index contributed by atoms with van der Waals surface area (Å²) < 4.78 is 13.4. The molecule has 0 unspecified atom stereocenters. The van der Waals surface area contributed by atoms with Crippen molar-refractivity contribution in [3.8, 4) is 0 Å². The summed E-state index contributed by atoms with van der Waals surface area (Å²) in [6, 6.07) is 0. The van der Waals surface area contributed by atoms with Crippen molar-refractivity contribution in [3.05, 3.63) is 11.8 Å². The third-order valence-corrected chi connectivity index (χ3v) is 15.7. The number of amides is 1. The van der Waals surface area contributed by atoms with Crippen LogP contribution >= 0.6 is 0 Å². The Bertz CT molecular complexity index is 585. The number of carbonyl (C=O) groups excluding carboxylic acids is 1. The molecule has 0 N–H and O–H groups in total. The molecule has 6 heteroatoms. The predicted molar refractivity (Wildman–Crippen MR) is 113 cm³/mol. The van der Waals surface area contributed by atoms with Crippen LogP contribution in [0.5, 0.6) is 0 Å². The lowest BCUT2D eigenvalue weighted by Gasteiger charge is -2.42. The number of hydrogen-bond acceptors (Lipinski definition) is 3. The van der Waals surface area contributed by atoms with Gasteiger partial charge in [-0.05, 0) is 49.1 Å². The molecule has 2 aliphatic rings. The zero-order valence-electron chi connectivity index (χ0n) is 18.5. The Balaban J connectivity index is 2.39. The average Bonchev–Trinajstić information content (AvgIpc) is 2.70. The maximum atomic E-state index is 13.2. The lowest BCUT2D eigenvalue weighted by atomic mass is 10.1. The summed E-state index contributed by atoms with van der Waals surface area (Å²) in [6.07, 6.45) is 3.50. The topological polar surface area (TPSA) is 38.8 Å². The van der Waals surface area contributed by atoms with E-state index in [9.17, 15) is 4.79 Å². The molecule has 2 atom stereocenters. The highest BCUT2D eigenvalue weighted by molar-refractivity contribution is 6.74. The van der Waals surface area contributed by atoms with Crippen LogP contribution in [0.4, 0.5) is 0 Å². The molecule has 4 nitrogen and oxygen atoms in total. The normalized spacial score (nSPS) is 25.4. The van der Waals surface area contributed by atoms with E-state index in [1.54, 1.807) is 0 Å². The van der Waals surface area contributed by atoms with Crippen molar-refractivity contribution in [3.63, 3.8) is 0 Å². The van der Waals surface area contributed by atoms with Gasteiger partial charge in [0.25, 0.3) is 5.91 Å². The second-order valence-electron chi connectivity index (χ2n) is 10.9. The van der Waals surface area contributed by atoms with Crippen molar-refractivity contribution in [2.45, 2.75) is 103 Å². The molecule has 1 fully saturated rings. The summed E-state index contributed by atoms with van der Waals surface area (Å²) >= 11 is 0. The van der Waals surface area contributed by atoms with E-state index in [4.69, 9.17) is 8.85 Å². The molecule has 26 heavy (non-hydrogen) atoms. The van der Waals surface area contributed by atoms with Crippen molar-refractivity contribution in [2.24, 2.45) is 0 Å². The zero-order valence-corrected chi connectivity index (χ0v) is 20.5. The molecular weight excluding hydrogens is 358 g/mol. The van der Waals surface area contributed by atoms with Gasteiger partial charge in [0.15, 0.2) is 22.7 Å². The summed E-state index contributed by atoms with van der Waals surface area (Å²) in [5.41, 5.74) is 1.05. The minimum absolute atomic E-state index is 0.0618. The number of hydrogen-bond donors (Lipinski definition) is 0. The highest BCUT2D eigenvalue weighted by Gasteiger charge is 2.53. The predicted octanol–water partition coefficient (Wildman–Crippen LogP) is 5.29. The van der Waals surface area contributed by atoms with Crippen LogP contribution in [-0.2, 0) is 13.6 Å². The molecule has 2 rings (SSSR count). The molecule has 2 heterocycles. The Kier molecular flexibility index (Phi) is 5.77.